The zero-order valence-electron chi connectivity index (χ0n) is 21.4. The summed E-state index contributed by atoms with van der Waals surface area (Å²) in [5.74, 6) is -0.150. The zero-order valence-corrected chi connectivity index (χ0v) is 21.4. The number of H-pyrrole nitrogens is 1. The Morgan fingerprint density at radius 3 is 2.62 bits per heavy atom. The molecule has 0 saturated carbocycles. The van der Waals surface area contributed by atoms with Crippen molar-refractivity contribution in [2.24, 2.45) is 5.41 Å². The summed E-state index contributed by atoms with van der Waals surface area (Å²) in [6.45, 7) is 6.33. The Bertz CT molecular complexity index is 1430. The van der Waals surface area contributed by atoms with Crippen molar-refractivity contribution in [3.05, 3.63) is 96.7 Å². The minimum Gasteiger partial charge on any atom is -0.459 e. The molecule has 1 fully saturated rings. The Labute approximate surface area is 225 Å². The largest absolute Gasteiger partial charge is 0.459 e. The Morgan fingerprint density at radius 1 is 1.15 bits per heavy atom. The van der Waals surface area contributed by atoms with Gasteiger partial charge in [0.25, 0.3) is 0 Å². The predicted octanol–water partition coefficient (Wildman–Crippen LogP) is 4.61. The van der Waals surface area contributed by atoms with E-state index in [0.717, 1.165) is 5.56 Å². The molecule has 3 heterocycles. The number of carbonyl (C=O) groups is 1. The lowest BCUT2D eigenvalue weighted by molar-refractivity contribution is -0.230. The summed E-state index contributed by atoms with van der Waals surface area (Å²) >= 11 is 0. The van der Waals surface area contributed by atoms with Crippen LogP contribution in [0, 0.1) is 11.2 Å². The third-order valence-corrected chi connectivity index (χ3v) is 6.23. The smallest absolute Gasteiger partial charge is 0.317 e. The summed E-state index contributed by atoms with van der Waals surface area (Å²) in [6.07, 6.45) is 2.37. The second-order valence-electron chi connectivity index (χ2n) is 9.36. The number of ether oxygens (including phenoxy) is 3. The molecule has 10 heteroatoms. The van der Waals surface area contributed by atoms with E-state index in [9.17, 15) is 9.18 Å². The van der Waals surface area contributed by atoms with Crippen LogP contribution in [0.1, 0.15) is 24.6 Å². The number of nitrogens with zero attached hydrogens (tertiary/aromatic N) is 3. The maximum absolute atomic E-state index is 13.7. The van der Waals surface area contributed by atoms with Crippen LogP contribution in [0.2, 0.25) is 0 Å². The molecule has 39 heavy (non-hydrogen) atoms. The zero-order chi connectivity index (χ0) is 27.2. The number of nitrogens with one attached hydrogen (secondary N) is 2. The molecular formula is C29H28FN5O4. The van der Waals surface area contributed by atoms with Crippen LogP contribution < -0.4 is 10.1 Å². The molecule has 1 aliphatic rings. The number of amides is 1. The summed E-state index contributed by atoms with van der Waals surface area (Å²) in [4.78, 5) is 29.4. The maximum atomic E-state index is 13.7. The van der Waals surface area contributed by atoms with Crippen molar-refractivity contribution in [1.82, 2.24) is 25.3 Å². The average molecular weight is 530 g/mol. The van der Waals surface area contributed by atoms with Gasteiger partial charge in [-0.3, -0.25) is 4.79 Å². The van der Waals surface area contributed by atoms with E-state index in [2.05, 4.69) is 26.8 Å². The quantitative estimate of drug-likeness (QED) is 0.305. The lowest BCUT2D eigenvalue weighted by Gasteiger charge is -2.35. The molecule has 0 aliphatic carbocycles. The van der Waals surface area contributed by atoms with Gasteiger partial charge in [0, 0.05) is 18.3 Å². The fourth-order valence-corrected chi connectivity index (χ4v) is 4.05. The molecule has 200 valence electrons. The van der Waals surface area contributed by atoms with Crippen molar-refractivity contribution in [2.45, 2.75) is 19.8 Å². The lowest BCUT2D eigenvalue weighted by Crippen LogP contribution is -2.48. The third kappa shape index (κ3) is 6.02. The van der Waals surface area contributed by atoms with Crippen LogP contribution in [-0.4, -0.2) is 45.6 Å². The Morgan fingerprint density at radius 2 is 1.90 bits per heavy atom. The van der Waals surface area contributed by atoms with E-state index in [1.165, 1.54) is 12.1 Å². The summed E-state index contributed by atoms with van der Waals surface area (Å²) in [5.41, 5.74) is 2.42. The highest BCUT2D eigenvalue weighted by molar-refractivity contribution is 5.82. The molecule has 0 unspecified atom stereocenters. The summed E-state index contributed by atoms with van der Waals surface area (Å²) in [5, 5.41) is 2.79. The van der Waals surface area contributed by atoms with Crippen molar-refractivity contribution in [3.63, 3.8) is 0 Å². The van der Waals surface area contributed by atoms with E-state index in [-0.39, 0.29) is 30.9 Å². The van der Waals surface area contributed by atoms with Crippen molar-refractivity contribution in [3.8, 4) is 28.7 Å². The van der Waals surface area contributed by atoms with E-state index in [0.29, 0.717) is 41.6 Å². The van der Waals surface area contributed by atoms with E-state index in [1.54, 1.807) is 37.4 Å². The number of imidazole rings is 1. The number of hydrogen-bond donors (Lipinski definition) is 2. The van der Waals surface area contributed by atoms with E-state index in [1.807, 2.05) is 30.3 Å². The number of benzene rings is 2. The number of aromatic amines is 1. The molecule has 0 spiro atoms. The highest BCUT2D eigenvalue weighted by Gasteiger charge is 2.40. The van der Waals surface area contributed by atoms with Gasteiger partial charge in [-0.25, -0.2) is 14.4 Å². The van der Waals surface area contributed by atoms with Crippen LogP contribution in [0.5, 0.6) is 6.01 Å². The second kappa shape index (κ2) is 11.5. The van der Waals surface area contributed by atoms with E-state index < -0.39 is 11.7 Å². The molecule has 5 rings (SSSR count). The summed E-state index contributed by atoms with van der Waals surface area (Å²) in [7, 11) is 0. The first kappa shape index (κ1) is 26.2. The van der Waals surface area contributed by atoms with Crippen LogP contribution in [0.3, 0.4) is 0 Å². The molecule has 1 aliphatic heterocycles. The molecule has 2 aromatic heterocycles. The van der Waals surface area contributed by atoms with Crippen LogP contribution in [0.15, 0.2) is 79.5 Å². The van der Waals surface area contributed by atoms with Gasteiger partial charge in [-0.2, -0.15) is 4.98 Å². The normalized spacial score (nSPS) is 18.9. The van der Waals surface area contributed by atoms with Crippen LogP contribution in [-0.2, 0) is 20.9 Å². The fraction of sp³-hybridized carbons (Fsp3) is 0.241. The van der Waals surface area contributed by atoms with Crippen molar-refractivity contribution >= 4 is 5.91 Å². The first-order valence-corrected chi connectivity index (χ1v) is 12.4. The second-order valence-corrected chi connectivity index (χ2v) is 9.36. The minimum atomic E-state index is -0.855. The van der Waals surface area contributed by atoms with Crippen molar-refractivity contribution in [1.29, 1.82) is 0 Å². The monoisotopic (exact) mass is 529 g/mol. The fourth-order valence-electron chi connectivity index (χ4n) is 4.05. The standard InChI is InChI=1S/C29H28FN5O4/c1-3-14-31-27(36)29(2)17-38-26(39-18-29)25-34-23(20-9-11-21(30)12-10-20)24(35-25)22-13-15-32-28(33-22)37-16-19-7-5-4-6-8-19/h3-13,15,26H,1,14,16-18H2,2H3,(H,31,36)(H,34,35). The minimum absolute atomic E-state index is 0.132. The molecule has 0 atom stereocenters. The van der Waals surface area contributed by atoms with Gasteiger partial charge >= 0.3 is 6.01 Å². The lowest BCUT2D eigenvalue weighted by atomic mass is 9.91. The highest BCUT2D eigenvalue weighted by atomic mass is 19.1. The summed E-state index contributed by atoms with van der Waals surface area (Å²) < 4.78 is 31.3. The molecule has 0 bridgehead atoms. The first-order valence-electron chi connectivity index (χ1n) is 12.4. The number of halogens is 1. The van der Waals surface area contributed by atoms with Gasteiger partial charge in [-0.1, -0.05) is 36.4 Å². The van der Waals surface area contributed by atoms with Gasteiger partial charge in [-0.15, -0.1) is 6.58 Å². The summed E-state index contributed by atoms with van der Waals surface area (Å²) in [6, 6.07) is 17.6. The first-order chi connectivity index (χ1) is 18.9. The Kier molecular flexibility index (Phi) is 7.76. The number of rotatable bonds is 9. The average Bonchev–Trinajstić information content (AvgIpc) is 3.42. The van der Waals surface area contributed by atoms with Gasteiger partial charge < -0.3 is 24.5 Å². The molecule has 2 N–H and O–H groups in total. The SMILES string of the molecule is C=CCNC(=O)C1(C)COC(c2nc(-c3ccc(F)cc3)c(-c3ccnc(OCc4ccccc4)n3)[nH]2)OC1. The van der Waals surface area contributed by atoms with Gasteiger partial charge in [0.05, 0.1) is 35.7 Å². The highest BCUT2D eigenvalue weighted by Crippen LogP contribution is 2.35. The van der Waals surface area contributed by atoms with Crippen molar-refractivity contribution in [2.75, 3.05) is 19.8 Å². The van der Waals surface area contributed by atoms with Gasteiger partial charge in [0.2, 0.25) is 12.2 Å². The number of hydrogen-bond acceptors (Lipinski definition) is 7. The molecule has 4 aromatic rings. The molecule has 2 aromatic carbocycles. The van der Waals surface area contributed by atoms with Crippen LogP contribution in [0.25, 0.3) is 22.6 Å². The van der Waals surface area contributed by atoms with Crippen LogP contribution in [0.4, 0.5) is 4.39 Å². The molecule has 1 saturated heterocycles. The van der Waals surface area contributed by atoms with Crippen molar-refractivity contribution < 1.29 is 23.4 Å². The molecule has 0 radical (unpaired) electrons. The topological polar surface area (TPSA) is 111 Å². The third-order valence-electron chi connectivity index (χ3n) is 6.23. The Balaban J connectivity index is 1.41. The maximum Gasteiger partial charge on any atom is 0.317 e. The van der Waals surface area contributed by atoms with E-state index >= 15 is 0 Å². The number of aromatic nitrogens is 4. The number of carbonyl (C=O) groups excluding carboxylic acids is 1. The van der Waals surface area contributed by atoms with Gasteiger partial charge in [-0.05, 0) is 42.8 Å². The molecule has 9 nitrogen and oxygen atoms in total. The molecular weight excluding hydrogens is 501 g/mol. The van der Waals surface area contributed by atoms with Gasteiger partial charge in [0.15, 0.2) is 5.82 Å². The van der Waals surface area contributed by atoms with Gasteiger partial charge in [0.1, 0.15) is 12.4 Å². The van der Waals surface area contributed by atoms with E-state index in [4.69, 9.17) is 19.2 Å². The Hall–Kier alpha value is -4.41. The molecule has 1 amide bonds. The van der Waals surface area contributed by atoms with Crippen LogP contribution >= 0.6 is 0 Å². The predicted molar refractivity (Wildman–Crippen MR) is 142 cm³/mol.